The molecule has 2 heterocycles. The Morgan fingerprint density at radius 1 is 1.24 bits per heavy atom. The van der Waals surface area contributed by atoms with Crippen LogP contribution in [0.25, 0.3) is 0 Å². The maximum absolute atomic E-state index is 12.8. The van der Waals surface area contributed by atoms with Crippen LogP contribution in [0.4, 0.5) is 18.3 Å². The molecule has 1 aromatic rings. The average Bonchev–Trinajstić information content (AvgIpc) is 3.26. The van der Waals surface area contributed by atoms with Crippen LogP contribution in [0.3, 0.4) is 0 Å². The number of alkyl halides is 3. The van der Waals surface area contributed by atoms with Crippen molar-refractivity contribution in [2.45, 2.75) is 74.3 Å². The van der Waals surface area contributed by atoms with E-state index in [0.717, 1.165) is 25.7 Å². The lowest BCUT2D eigenvalue weighted by molar-refractivity contribution is -0.192. The number of nitrogens with one attached hydrogen (secondary N) is 1. The summed E-state index contributed by atoms with van der Waals surface area (Å²) in [4.78, 5) is 17.2. The summed E-state index contributed by atoms with van der Waals surface area (Å²) in [5.74, 6) is -2.76. The van der Waals surface area contributed by atoms with E-state index in [1.54, 1.807) is 5.38 Å². The second kappa shape index (κ2) is 10.8. The minimum Gasteiger partial charge on any atom is -0.475 e. The van der Waals surface area contributed by atoms with E-state index in [0.29, 0.717) is 18.2 Å². The first-order chi connectivity index (χ1) is 15.1. The van der Waals surface area contributed by atoms with E-state index in [-0.39, 0.29) is 16.6 Å². The standard InChI is InChI=1S/C17H30N4O3S2.C2HF3O2/c1-17(8-6-4-5-7-9-17)19-26(23,24)15-12-25-16(18-15)21-10-13(20(2)3)14(22)11-21;3-2(4,5)1(6)7/h12-14,19,22H,4-11H2,1-3H3;(H,6,7)/t13-,14+;/m1./s1. The predicted molar refractivity (Wildman–Crippen MR) is 118 cm³/mol. The van der Waals surface area contributed by atoms with Gasteiger partial charge in [0.15, 0.2) is 10.2 Å². The number of sulfonamides is 1. The molecule has 3 rings (SSSR count). The summed E-state index contributed by atoms with van der Waals surface area (Å²) in [5, 5.41) is 19.7. The van der Waals surface area contributed by atoms with Crippen molar-refractivity contribution >= 4 is 32.5 Å². The highest BCUT2D eigenvalue weighted by Gasteiger charge is 2.38. The molecule has 1 aliphatic carbocycles. The van der Waals surface area contributed by atoms with Crippen molar-refractivity contribution in [3.8, 4) is 0 Å². The summed E-state index contributed by atoms with van der Waals surface area (Å²) in [6.45, 7) is 3.12. The van der Waals surface area contributed by atoms with Crippen LogP contribution < -0.4 is 9.62 Å². The number of aliphatic hydroxyl groups is 1. The van der Waals surface area contributed by atoms with Crippen molar-refractivity contribution in [2.75, 3.05) is 32.1 Å². The van der Waals surface area contributed by atoms with Crippen LogP contribution in [0.15, 0.2) is 10.4 Å². The van der Waals surface area contributed by atoms with Gasteiger partial charge in [0.25, 0.3) is 10.0 Å². The Morgan fingerprint density at radius 2 is 1.79 bits per heavy atom. The Labute approximate surface area is 195 Å². The van der Waals surface area contributed by atoms with E-state index < -0.39 is 28.3 Å². The number of rotatable bonds is 5. The lowest BCUT2D eigenvalue weighted by Crippen LogP contribution is -2.45. The number of carboxylic acid groups (broad SMARTS) is 1. The molecule has 3 N–H and O–H groups in total. The monoisotopic (exact) mass is 516 g/mol. The molecule has 0 aromatic carbocycles. The second-order valence-electron chi connectivity index (χ2n) is 8.85. The predicted octanol–water partition coefficient (Wildman–Crippen LogP) is 2.28. The summed E-state index contributed by atoms with van der Waals surface area (Å²) in [6, 6.07) is 0.0296. The van der Waals surface area contributed by atoms with E-state index in [1.807, 2.05) is 30.8 Å². The van der Waals surface area contributed by atoms with Crippen LogP contribution in [-0.4, -0.2) is 85.5 Å². The van der Waals surface area contributed by atoms with Crippen LogP contribution in [0.2, 0.25) is 0 Å². The first-order valence-electron chi connectivity index (χ1n) is 10.5. The molecule has 1 saturated heterocycles. The number of aliphatic hydroxyl groups excluding tert-OH is 1. The molecule has 0 amide bonds. The number of nitrogens with zero attached hydrogens (tertiary/aromatic N) is 3. The molecule has 1 aliphatic heterocycles. The van der Waals surface area contributed by atoms with Gasteiger partial charge in [-0.1, -0.05) is 25.7 Å². The zero-order chi connectivity index (χ0) is 25.0. The van der Waals surface area contributed by atoms with Gasteiger partial charge >= 0.3 is 12.1 Å². The van der Waals surface area contributed by atoms with Crippen LogP contribution in [0, 0.1) is 0 Å². The van der Waals surface area contributed by atoms with Crippen LogP contribution >= 0.6 is 11.3 Å². The number of carboxylic acids is 1. The van der Waals surface area contributed by atoms with E-state index in [2.05, 4.69) is 9.71 Å². The molecule has 2 fully saturated rings. The topological polar surface area (TPSA) is 123 Å². The van der Waals surface area contributed by atoms with E-state index in [1.165, 1.54) is 24.2 Å². The molecule has 14 heteroatoms. The summed E-state index contributed by atoms with van der Waals surface area (Å²) >= 11 is 1.32. The van der Waals surface area contributed by atoms with Crippen LogP contribution in [0.5, 0.6) is 0 Å². The van der Waals surface area contributed by atoms with Gasteiger partial charge < -0.3 is 20.0 Å². The SMILES string of the molecule is CN(C)[C@@H]1CN(c2nc(S(=O)(=O)NC3(C)CCCCCC3)cs2)C[C@@H]1O.O=C(O)C(F)(F)F. The van der Waals surface area contributed by atoms with Gasteiger partial charge in [0, 0.05) is 24.0 Å². The molecule has 1 saturated carbocycles. The summed E-state index contributed by atoms with van der Waals surface area (Å²) in [6.07, 6.45) is 0.637. The maximum Gasteiger partial charge on any atom is 0.490 e. The molecule has 0 unspecified atom stereocenters. The number of anilines is 1. The lowest BCUT2D eigenvalue weighted by atomic mass is 9.94. The summed E-state index contributed by atoms with van der Waals surface area (Å²) < 4.78 is 60.3. The summed E-state index contributed by atoms with van der Waals surface area (Å²) in [5.41, 5.74) is -0.390. The zero-order valence-electron chi connectivity index (χ0n) is 18.8. The smallest absolute Gasteiger partial charge is 0.475 e. The van der Waals surface area contributed by atoms with Crippen molar-refractivity contribution in [2.24, 2.45) is 0 Å². The third kappa shape index (κ3) is 7.77. The molecular weight excluding hydrogens is 485 g/mol. The minimum absolute atomic E-state index is 0.0296. The van der Waals surface area contributed by atoms with E-state index in [9.17, 15) is 26.7 Å². The molecule has 2 aliphatic rings. The lowest BCUT2D eigenvalue weighted by Gasteiger charge is -2.28. The molecule has 0 spiro atoms. The Morgan fingerprint density at radius 3 is 2.24 bits per heavy atom. The molecule has 9 nitrogen and oxygen atoms in total. The highest BCUT2D eigenvalue weighted by molar-refractivity contribution is 7.89. The van der Waals surface area contributed by atoms with E-state index >= 15 is 0 Å². The van der Waals surface area contributed by atoms with Crippen molar-refractivity contribution < 1.29 is 36.6 Å². The van der Waals surface area contributed by atoms with Gasteiger partial charge in [-0.3, -0.25) is 0 Å². The Bertz CT molecular complexity index is 899. The second-order valence-corrected chi connectivity index (χ2v) is 11.3. The number of aromatic nitrogens is 1. The number of likely N-dealkylation sites (N-methyl/N-ethyl adjacent to an activating group) is 1. The molecule has 2 atom stereocenters. The first-order valence-corrected chi connectivity index (χ1v) is 12.9. The molecule has 0 radical (unpaired) electrons. The highest BCUT2D eigenvalue weighted by Crippen LogP contribution is 2.31. The Balaban J connectivity index is 0.000000479. The number of halogens is 3. The fourth-order valence-electron chi connectivity index (χ4n) is 3.94. The average molecular weight is 517 g/mol. The van der Waals surface area contributed by atoms with E-state index in [4.69, 9.17) is 9.90 Å². The Hall–Kier alpha value is -1.48. The molecular formula is C19H31F3N4O5S2. The molecule has 190 valence electrons. The highest BCUT2D eigenvalue weighted by atomic mass is 32.2. The maximum atomic E-state index is 12.8. The summed E-state index contributed by atoms with van der Waals surface area (Å²) in [7, 11) is 0.237. The normalized spacial score (nSPS) is 23.7. The molecule has 0 bridgehead atoms. The van der Waals surface area contributed by atoms with Crippen LogP contribution in [0.1, 0.15) is 45.4 Å². The van der Waals surface area contributed by atoms with Crippen LogP contribution in [-0.2, 0) is 14.8 Å². The van der Waals surface area contributed by atoms with Crippen molar-refractivity contribution in [1.82, 2.24) is 14.6 Å². The first kappa shape index (κ1) is 27.8. The van der Waals surface area contributed by atoms with Gasteiger partial charge in [0.1, 0.15) is 0 Å². The van der Waals surface area contributed by atoms with Gasteiger partial charge in [-0.15, -0.1) is 11.3 Å². The minimum atomic E-state index is -5.08. The van der Waals surface area contributed by atoms with Crippen molar-refractivity contribution in [3.63, 3.8) is 0 Å². The number of thiazole rings is 1. The third-order valence-corrected chi connectivity index (χ3v) is 8.34. The van der Waals surface area contributed by atoms with Gasteiger partial charge in [-0.2, -0.15) is 13.2 Å². The number of carbonyl (C=O) groups is 1. The van der Waals surface area contributed by atoms with Gasteiger partial charge in [-0.05, 0) is 33.9 Å². The Kier molecular flexibility index (Phi) is 9.12. The van der Waals surface area contributed by atoms with Crippen molar-refractivity contribution in [3.05, 3.63) is 5.38 Å². The molecule has 33 heavy (non-hydrogen) atoms. The van der Waals surface area contributed by atoms with Gasteiger partial charge in [0.05, 0.1) is 12.1 Å². The molecule has 1 aromatic heterocycles. The van der Waals surface area contributed by atoms with Gasteiger partial charge in [0.2, 0.25) is 0 Å². The quantitative estimate of drug-likeness (QED) is 0.510. The fourth-order valence-corrected chi connectivity index (χ4v) is 6.52. The van der Waals surface area contributed by atoms with Gasteiger partial charge in [-0.25, -0.2) is 22.9 Å². The number of β-amino-alcohol motifs (C(OH)–C–C–N with tert-alkyl or cyclic N) is 1. The largest absolute Gasteiger partial charge is 0.490 e. The third-order valence-electron chi connectivity index (χ3n) is 5.77. The number of hydrogen-bond acceptors (Lipinski definition) is 8. The zero-order valence-corrected chi connectivity index (χ0v) is 20.4. The number of hydrogen-bond donors (Lipinski definition) is 3. The fraction of sp³-hybridized carbons (Fsp3) is 0.789. The number of aliphatic carboxylic acids is 1. The van der Waals surface area contributed by atoms with Crippen molar-refractivity contribution in [1.29, 1.82) is 0 Å².